The number of carbonyl (C=O) groups excluding carboxylic acids is 1. The van der Waals surface area contributed by atoms with Gasteiger partial charge in [-0.2, -0.15) is 0 Å². The summed E-state index contributed by atoms with van der Waals surface area (Å²) >= 11 is 0. The van der Waals surface area contributed by atoms with Crippen LogP contribution >= 0.6 is 12.4 Å². The second-order valence-corrected chi connectivity index (χ2v) is 9.19. The van der Waals surface area contributed by atoms with Gasteiger partial charge in [-0.15, -0.1) is 12.4 Å². The van der Waals surface area contributed by atoms with Crippen molar-refractivity contribution in [3.8, 4) is 0 Å². The summed E-state index contributed by atoms with van der Waals surface area (Å²) in [4.78, 5) is 11.8. The first-order valence-electron chi connectivity index (χ1n) is 9.56. The lowest BCUT2D eigenvalue weighted by Gasteiger charge is -2.57. The molecule has 0 spiro atoms. The minimum atomic E-state index is 0. The topological polar surface area (TPSA) is 43.1 Å². The number of hydrogen-bond acceptors (Lipinski definition) is 2. The Morgan fingerprint density at radius 2 is 1.92 bits per heavy atom. The summed E-state index contributed by atoms with van der Waals surface area (Å²) in [6.45, 7) is 7.13. The second kappa shape index (κ2) is 5.99. The molecule has 3 heteroatoms. The molecule has 7 atom stereocenters. The molecule has 2 N–H and O–H groups in total. The fraction of sp³-hybridized carbons (Fsp3) is 0.762. The van der Waals surface area contributed by atoms with E-state index in [4.69, 9.17) is 5.73 Å². The van der Waals surface area contributed by atoms with Crippen LogP contribution in [-0.4, -0.2) is 11.8 Å². The molecule has 0 aliphatic heterocycles. The van der Waals surface area contributed by atoms with Gasteiger partial charge >= 0.3 is 0 Å². The zero-order chi connectivity index (χ0) is 16.4. The largest absolute Gasteiger partial charge is 0.328 e. The molecule has 0 heterocycles. The number of hydrogen-bond donors (Lipinski definition) is 1. The molecule has 134 valence electrons. The first-order valence-corrected chi connectivity index (χ1v) is 9.56. The third kappa shape index (κ3) is 2.36. The maximum atomic E-state index is 11.8. The maximum absolute atomic E-state index is 11.8. The van der Waals surface area contributed by atoms with E-state index in [1.807, 2.05) is 12.2 Å². The molecule has 4 aliphatic carbocycles. The second-order valence-electron chi connectivity index (χ2n) is 9.19. The van der Waals surface area contributed by atoms with Crippen molar-refractivity contribution in [1.29, 1.82) is 0 Å². The molecule has 24 heavy (non-hydrogen) atoms. The Balaban J connectivity index is 0.00000169. The number of carbonyl (C=O) groups is 1. The number of halogens is 1. The molecule has 0 bridgehead atoms. The van der Waals surface area contributed by atoms with Crippen LogP contribution in [0.15, 0.2) is 23.8 Å². The van der Waals surface area contributed by atoms with Crippen LogP contribution in [0.5, 0.6) is 0 Å². The molecule has 3 fully saturated rings. The average molecular weight is 350 g/mol. The van der Waals surface area contributed by atoms with Crippen LogP contribution in [0.25, 0.3) is 0 Å². The number of ketones is 1. The molecule has 0 radical (unpaired) electrons. The standard InChI is InChI=1S/C21H31NO.ClH/c1-13(22)17-6-7-18-16-5-4-14-12-15(23)8-10-20(14,2)19(16)9-11-21(17,18)3;/h8,10,12-13,16-19H,4-7,9,11,22H2,1-3H3;1H/t13?,16-,17+,18-,19-,20-,21+;/m0./s1. The number of fused-ring (bicyclic) bond motifs is 5. The van der Waals surface area contributed by atoms with Crippen LogP contribution in [-0.2, 0) is 4.79 Å². The van der Waals surface area contributed by atoms with Gasteiger partial charge in [0.2, 0.25) is 0 Å². The Hall–Kier alpha value is -0.600. The van der Waals surface area contributed by atoms with E-state index < -0.39 is 0 Å². The first-order chi connectivity index (χ1) is 10.9. The summed E-state index contributed by atoms with van der Waals surface area (Å²) in [5, 5.41) is 0. The fourth-order valence-electron chi connectivity index (χ4n) is 7.10. The predicted molar refractivity (Wildman–Crippen MR) is 101 cm³/mol. The normalized spacial score (nSPS) is 47.8. The molecule has 0 aromatic carbocycles. The van der Waals surface area contributed by atoms with Gasteiger partial charge in [-0.1, -0.05) is 25.5 Å². The van der Waals surface area contributed by atoms with Crippen LogP contribution in [0.4, 0.5) is 0 Å². The zero-order valence-corrected chi connectivity index (χ0v) is 16.1. The van der Waals surface area contributed by atoms with Crippen LogP contribution in [0.1, 0.15) is 59.3 Å². The van der Waals surface area contributed by atoms with Gasteiger partial charge in [0.05, 0.1) is 0 Å². The Labute approximate surface area is 152 Å². The highest BCUT2D eigenvalue weighted by Crippen LogP contribution is 2.66. The Bertz CT molecular complexity index is 595. The molecule has 1 unspecified atom stereocenters. The van der Waals surface area contributed by atoms with E-state index in [0.29, 0.717) is 17.4 Å². The molecule has 4 rings (SSSR count). The molecule has 0 aromatic rings. The highest BCUT2D eigenvalue weighted by Gasteiger charge is 2.58. The van der Waals surface area contributed by atoms with Crippen LogP contribution in [0, 0.1) is 34.5 Å². The lowest BCUT2D eigenvalue weighted by Crippen LogP contribution is -2.51. The summed E-state index contributed by atoms with van der Waals surface area (Å²) < 4.78 is 0. The van der Waals surface area contributed by atoms with Crippen molar-refractivity contribution in [3.63, 3.8) is 0 Å². The highest BCUT2D eigenvalue weighted by atomic mass is 35.5. The molecular weight excluding hydrogens is 318 g/mol. The van der Waals surface area contributed by atoms with Crippen molar-refractivity contribution in [3.05, 3.63) is 23.8 Å². The van der Waals surface area contributed by atoms with Gasteiger partial charge in [-0.3, -0.25) is 4.79 Å². The van der Waals surface area contributed by atoms with Gasteiger partial charge in [0.1, 0.15) is 0 Å². The molecule has 0 aromatic heterocycles. The van der Waals surface area contributed by atoms with E-state index in [0.717, 1.165) is 24.2 Å². The van der Waals surface area contributed by atoms with Gasteiger partial charge < -0.3 is 5.73 Å². The van der Waals surface area contributed by atoms with Crippen molar-refractivity contribution in [2.24, 2.45) is 40.2 Å². The molecule has 3 saturated carbocycles. The molecule has 4 aliphatic rings. The van der Waals surface area contributed by atoms with Crippen molar-refractivity contribution < 1.29 is 4.79 Å². The Kier molecular flexibility index (Phi) is 4.54. The quantitative estimate of drug-likeness (QED) is 0.746. The first kappa shape index (κ1) is 18.2. The minimum absolute atomic E-state index is 0. The molecule has 0 amide bonds. The lowest BCUT2D eigenvalue weighted by molar-refractivity contribution is -0.111. The average Bonchev–Trinajstić information content (AvgIpc) is 2.85. The maximum Gasteiger partial charge on any atom is 0.178 e. The third-order valence-corrected chi connectivity index (χ3v) is 8.26. The Morgan fingerprint density at radius 3 is 2.62 bits per heavy atom. The predicted octanol–water partition coefficient (Wildman–Crippen LogP) is 4.68. The lowest BCUT2D eigenvalue weighted by atomic mass is 9.47. The van der Waals surface area contributed by atoms with Crippen LogP contribution < -0.4 is 5.73 Å². The van der Waals surface area contributed by atoms with E-state index in [-0.39, 0.29) is 23.6 Å². The van der Waals surface area contributed by atoms with Gasteiger partial charge in [-0.05, 0) is 86.7 Å². The molecule has 2 nitrogen and oxygen atoms in total. The summed E-state index contributed by atoms with van der Waals surface area (Å²) in [7, 11) is 0. The SMILES string of the molecule is CC(N)[C@H]1CC[C@H]2[C@@H]3CCC4=CC(=O)C=C[C@]4(C)[C@H]3CC[C@]12C.Cl. The zero-order valence-electron chi connectivity index (χ0n) is 15.3. The van der Waals surface area contributed by atoms with E-state index in [1.54, 1.807) is 0 Å². The monoisotopic (exact) mass is 349 g/mol. The third-order valence-electron chi connectivity index (χ3n) is 8.26. The van der Waals surface area contributed by atoms with Gasteiger partial charge in [0.25, 0.3) is 0 Å². The van der Waals surface area contributed by atoms with Crippen LogP contribution in [0.2, 0.25) is 0 Å². The summed E-state index contributed by atoms with van der Waals surface area (Å²) in [5.41, 5.74) is 8.32. The minimum Gasteiger partial charge on any atom is -0.328 e. The smallest absolute Gasteiger partial charge is 0.178 e. The van der Waals surface area contributed by atoms with Crippen LogP contribution in [0.3, 0.4) is 0 Å². The van der Waals surface area contributed by atoms with Gasteiger partial charge in [0.15, 0.2) is 5.78 Å². The van der Waals surface area contributed by atoms with Crippen molar-refractivity contribution in [1.82, 2.24) is 0 Å². The summed E-state index contributed by atoms with van der Waals surface area (Å²) in [6.07, 6.45) is 13.7. The van der Waals surface area contributed by atoms with Crippen molar-refractivity contribution in [2.45, 2.75) is 65.3 Å². The van der Waals surface area contributed by atoms with E-state index in [2.05, 4.69) is 26.8 Å². The van der Waals surface area contributed by atoms with E-state index in [1.165, 1.54) is 37.7 Å². The number of rotatable bonds is 1. The number of allylic oxidation sites excluding steroid dienone is 4. The van der Waals surface area contributed by atoms with Crippen molar-refractivity contribution in [2.75, 3.05) is 0 Å². The number of nitrogens with two attached hydrogens (primary N) is 1. The fourth-order valence-corrected chi connectivity index (χ4v) is 7.10. The summed E-state index contributed by atoms with van der Waals surface area (Å²) in [6, 6.07) is 0.323. The molecule has 0 saturated heterocycles. The molecular formula is C21H32ClNO. The summed E-state index contributed by atoms with van der Waals surface area (Å²) in [5.74, 6) is 3.26. The van der Waals surface area contributed by atoms with Gasteiger partial charge in [-0.25, -0.2) is 0 Å². The van der Waals surface area contributed by atoms with E-state index in [9.17, 15) is 4.79 Å². The van der Waals surface area contributed by atoms with Crippen molar-refractivity contribution >= 4 is 18.2 Å². The van der Waals surface area contributed by atoms with E-state index >= 15 is 0 Å². The van der Waals surface area contributed by atoms with Gasteiger partial charge in [0, 0.05) is 11.5 Å². The Morgan fingerprint density at radius 1 is 1.17 bits per heavy atom. The highest BCUT2D eigenvalue weighted by molar-refractivity contribution is 6.01.